The lowest BCUT2D eigenvalue weighted by Crippen LogP contribution is -2.18. The molecule has 1 rings (SSSR count). The van der Waals surface area contributed by atoms with Crippen LogP contribution in [0, 0.1) is 10.7 Å². The van der Waals surface area contributed by atoms with Gasteiger partial charge in [0.05, 0.1) is 18.3 Å². The van der Waals surface area contributed by atoms with Gasteiger partial charge in [-0.15, -0.1) is 0 Å². The Morgan fingerprint density at radius 3 is 1.81 bits per heavy atom. The van der Waals surface area contributed by atoms with Crippen LogP contribution in [0.5, 0.6) is 5.75 Å². The van der Waals surface area contributed by atoms with Gasteiger partial charge < -0.3 is 15.9 Å². The van der Waals surface area contributed by atoms with Crippen molar-refractivity contribution in [1.82, 2.24) is 0 Å². The summed E-state index contributed by atoms with van der Waals surface area (Å²) in [5.74, 6) is -2.20. The zero-order chi connectivity index (χ0) is 12.6. The molecule has 0 heterocycles. The van der Waals surface area contributed by atoms with E-state index in [1.807, 2.05) is 0 Å². The van der Waals surface area contributed by atoms with Crippen molar-refractivity contribution in [1.29, 1.82) is 0 Å². The minimum Gasteiger partial charge on any atom is -0.506 e. The van der Waals surface area contributed by atoms with Crippen molar-refractivity contribution in [3.05, 3.63) is 21.8 Å². The topological polar surface area (TPSA) is 101 Å². The number of hydrogen-bond acceptors (Lipinski definition) is 3. The number of phenolic OH excluding ortho intramolecular Hbond substituents is 1. The van der Waals surface area contributed by atoms with Crippen LogP contribution in [0.1, 0.15) is 20.7 Å². The fourth-order valence-electron chi connectivity index (χ4n) is 1.05. The molecule has 16 heavy (non-hydrogen) atoms. The molecule has 0 bridgehead atoms. The van der Waals surface area contributed by atoms with Crippen LogP contribution in [0.25, 0.3) is 0 Å². The van der Waals surface area contributed by atoms with E-state index >= 15 is 0 Å². The average molecular weight is 559 g/mol. The summed E-state index contributed by atoms with van der Waals surface area (Å²) in [7, 11) is 0. The lowest BCUT2D eigenvalue weighted by Gasteiger charge is -2.11. The highest BCUT2D eigenvalue weighted by molar-refractivity contribution is 14.1. The van der Waals surface area contributed by atoms with E-state index in [9.17, 15) is 14.7 Å². The van der Waals surface area contributed by atoms with Gasteiger partial charge in [0.15, 0.2) is 0 Å². The molecule has 5 nitrogen and oxygen atoms in total. The molecule has 0 aliphatic carbocycles. The van der Waals surface area contributed by atoms with Crippen molar-refractivity contribution >= 4 is 79.6 Å². The van der Waals surface area contributed by atoms with E-state index in [1.54, 1.807) is 67.8 Å². The fraction of sp³-hybridized carbons (Fsp3) is 0. The number of rotatable bonds is 2. The maximum absolute atomic E-state index is 11.2. The molecule has 0 saturated heterocycles. The quantitative estimate of drug-likeness (QED) is 0.484. The van der Waals surface area contributed by atoms with E-state index in [-0.39, 0.29) is 27.6 Å². The minimum atomic E-state index is -1.21. The van der Waals surface area contributed by atoms with Crippen molar-refractivity contribution in [3.63, 3.8) is 0 Å². The molecule has 1 aromatic rings. The number of phenols is 1. The molecular weight excluding hydrogens is 555 g/mol. The van der Waals surface area contributed by atoms with E-state index < -0.39 is 11.9 Å². The molecule has 0 aliphatic heterocycles. The summed E-state index contributed by atoms with van der Waals surface area (Å²) in [4.78, 5) is 22.2. The number of carbonyl (C=O) groups is 2. The number of primary amides is 1. The number of amides is 1. The number of carbonyl (C=O) groups excluding carboxylic acids is 1. The van der Waals surface area contributed by atoms with Gasteiger partial charge in [0.1, 0.15) is 5.75 Å². The first-order valence-corrected chi connectivity index (χ1v) is 6.95. The Bertz CT molecular complexity index is 460. The molecule has 1 amide bonds. The summed E-state index contributed by atoms with van der Waals surface area (Å²) < 4.78 is 0.706. The van der Waals surface area contributed by atoms with E-state index in [0.29, 0.717) is 0 Å². The molecule has 1 aromatic carbocycles. The molecule has 0 fully saturated rings. The first-order valence-electron chi connectivity index (χ1n) is 3.71. The normalized spacial score (nSPS) is 10.2. The van der Waals surface area contributed by atoms with Crippen molar-refractivity contribution in [2.45, 2.75) is 0 Å². The minimum absolute atomic E-state index is 0.0384. The van der Waals surface area contributed by atoms with Gasteiger partial charge in [-0.05, 0) is 67.8 Å². The van der Waals surface area contributed by atoms with Gasteiger partial charge in [-0.1, -0.05) is 0 Å². The van der Waals surface area contributed by atoms with E-state index in [0.717, 1.165) is 0 Å². The standard InChI is InChI=1S/C8H4I3NO4/c9-3-1(7(12)14)4(10)6(13)5(11)2(3)8(15)16/h13H,(H2,12,14)(H,15,16). The number of carboxylic acid groups (broad SMARTS) is 1. The maximum atomic E-state index is 11.2. The van der Waals surface area contributed by atoms with Crippen LogP contribution in [0.15, 0.2) is 0 Å². The highest BCUT2D eigenvalue weighted by Gasteiger charge is 2.26. The van der Waals surface area contributed by atoms with E-state index in [2.05, 4.69) is 0 Å². The van der Waals surface area contributed by atoms with Gasteiger partial charge in [-0.25, -0.2) is 4.79 Å². The van der Waals surface area contributed by atoms with Gasteiger partial charge in [0.25, 0.3) is 5.91 Å². The van der Waals surface area contributed by atoms with Crippen molar-refractivity contribution in [3.8, 4) is 5.75 Å². The number of carboxylic acids is 1. The molecule has 0 radical (unpaired) electrons. The zero-order valence-electron chi connectivity index (χ0n) is 7.42. The van der Waals surface area contributed by atoms with Crippen molar-refractivity contribution < 1.29 is 19.8 Å². The third-order valence-electron chi connectivity index (χ3n) is 1.75. The highest BCUT2D eigenvalue weighted by atomic mass is 127. The van der Waals surface area contributed by atoms with Crippen LogP contribution in [0.3, 0.4) is 0 Å². The molecule has 0 spiro atoms. The monoisotopic (exact) mass is 559 g/mol. The molecule has 0 aliphatic rings. The van der Waals surface area contributed by atoms with Crippen LogP contribution in [-0.4, -0.2) is 22.1 Å². The number of aromatic hydroxyl groups is 1. The third-order valence-corrected chi connectivity index (χ3v) is 4.93. The van der Waals surface area contributed by atoms with E-state index in [1.165, 1.54) is 0 Å². The van der Waals surface area contributed by atoms with Crippen LogP contribution < -0.4 is 5.73 Å². The van der Waals surface area contributed by atoms with E-state index in [4.69, 9.17) is 10.8 Å². The molecule has 0 atom stereocenters. The highest BCUT2D eigenvalue weighted by Crippen LogP contribution is 2.35. The van der Waals surface area contributed by atoms with Gasteiger partial charge in [-0.2, -0.15) is 0 Å². The lowest BCUT2D eigenvalue weighted by atomic mass is 10.1. The fourth-order valence-corrected chi connectivity index (χ4v) is 5.21. The van der Waals surface area contributed by atoms with Crippen LogP contribution in [0.4, 0.5) is 0 Å². The number of aromatic carboxylic acids is 1. The zero-order valence-corrected chi connectivity index (χ0v) is 13.9. The van der Waals surface area contributed by atoms with Crippen molar-refractivity contribution in [2.75, 3.05) is 0 Å². The summed E-state index contributed by atoms with van der Waals surface area (Å²) >= 11 is 5.21. The molecule has 86 valence electrons. The molecule has 0 aromatic heterocycles. The van der Waals surface area contributed by atoms with Gasteiger partial charge >= 0.3 is 5.97 Å². The number of nitrogens with two attached hydrogens (primary N) is 1. The number of halogens is 3. The van der Waals surface area contributed by atoms with Gasteiger partial charge in [-0.3, -0.25) is 4.79 Å². The SMILES string of the molecule is NC(=O)c1c(I)c(O)c(I)c(C(=O)O)c1I. The number of benzene rings is 1. The average Bonchev–Trinajstić information content (AvgIpc) is 2.13. The molecule has 4 N–H and O–H groups in total. The second-order valence-corrected chi connectivity index (χ2v) is 5.95. The number of hydrogen-bond donors (Lipinski definition) is 3. The molecule has 8 heteroatoms. The molecule has 0 saturated carbocycles. The summed E-state index contributed by atoms with van der Waals surface area (Å²) in [6.45, 7) is 0. The molecular formula is C8H4I3NO4. The third kappa shape index (κ3) is 2.37. The first kappa shape index (κ1) is 14.2. The van der Waals surface area contributed by atoms with Crippen LogP contribution in [0.2, 0.25) is 0 Å². The lowest BCUT2D eigenvalue weighted by molar-refractivity contribution is 0.0694. The van der Waals surface area contributed by atoms with Crippen LogP contribution >= 0.6 is 67.8 Å². The Labute approximate surface area is 131 Å². The smallest absolute Gasteiger partial charge is 0.338 e. The second kappa shape index (κ2) is 5.20. The van der Waals surface area contributed by atoms with Crippen LogP contribution in [-0.2, 0) is 0 Å². The summed E-state index contributed by atoms with van der Waals surface area (Å²) in [5, 5.41) is 18.7. The van der Waals surface area contributed by atoms with Gasteiger partial charge in [0.2, 0.25) is 0 Å². The largest absolute Gasteiger partial charge is 0.506 e. The Hall–Kier alpha value is 0.150. The summed E-state index contributed by atoms with van der Waals surface area (Å²) in [6, 6.07) is 0. The Balaban J connectivity index is 3.80. The summed E-state index contributed by atoms with van der Waals surface area (Å²) in [5.41, 5.74) is 5.08. The maximum Gasteiger partial charge on any atom is 0.338 e. The Morgan fingerprint density at radius 1 is 1.00 bits per heavy atom. The van der Waals surface area contributed by atoms with Crippen molar-refractivity contribution in [2.24, 2.45) is 5.73 Å². The predicted molar refractivity (Wildman–Crippen MR) is 81.7 cm³/mol. The second-order valence-electron chi connectivity index (χ2n) is 2.71. The Morgan fingerprint density at radius 2 is 1.44 bits per heavy atom. The first-order chi connectivity index (χ1) is 7.29. The predicted octanol–water partition coefficient (Wildman–Crippen LogP) is 2.00. The molecule has 0 unspecified atom stereocenters. The Kier molecular flexibility index (Phi) is 4.62. The summed E-state index contributed by atoms with van der Waals surface area (Å²) in [6.07, 6.45) is 0. The van der Waals surface area contributed by atoms with Gasteiger partial charge in [0, 0.05) is 3.57 Å².